The largest absolute Gasteiger partial charge is 0.543 e. The molecule has 0 saturated carbocycles. The van der Waals surface area contributed by atoms with Crippen LogP contribution in [0, 0.1) is 6.92 Å². The molecule has 0 aliphatic rings. The first-order valence-electron chi connectivity index (χ1n) is 4.98. The highest BCUT2D eigenvalue weighted by Crippen LogP contribution is 2.17. The molecule has 0 radical (unpaired) electrons. The number of aromatic nitrogens is 4. The lowest BCUT2D eigenvalue weighted by Crippen LogP contribution is -2.23. The average molecular weight is 264 g/mol. The molecule has 0 bridgehead atoms. The summed E-state index contributed by atoms with van der Waals surface area (Å²) in [6, 6.07) is 2.91. The Hall–Kier alpha value is -2.09. The predicted octanol–water partition coefficient (Wildman–Crippen LogP) is -0.362. The molecule has 0 unspecified atom stereocenters. The summed E-state index contributed by atoms with van der Waals surface area (Å²) in [5.41, 5.74) is 5.47. The number of carboxylic acid groups (broad SMARTS) is 1. The first-order valence-corrected chi connectivity index (χ1v) is 6.20. The van der Waals surface area contributed by atoms with Crippen molar-refractivity contribution in [2.45, 2.75) is 11.9 Å². The Morgan fingerprint density at radius 2 is 2.17 bits per heavy atom. The second kappa shape index (κ2) is 4.65. The van der Waals surface area contributed by atoms with Crippen LogP contribution >= 0.6 is 11.8 Å². The highest BCUT2D eigenvalue weighted by molar-refractivity contribution is 7.98. The summed E-state index contributed by atoms with van der Waals surface area (Å²) in [6.45, 7) is 1.74. The van der Waals surface area contributed by atoms with Crippen LogP contribution in [0.3, 0.4) is 0 Å². The SMILES string of the molecule is CSc1cc(-n2nc(C(=O)[O-])cc2N)nc(C)n1. The van der Waals surface area contributed by atoms with Crippen LogP contribution in [-0.2, 0) is 0 Å². The third-order valence-corrected chi connectivity index (χ3v) is 2.80. The van der Waals surface area contributed by atoms with Gasteiger partial charge >= 0.3 is 0 Å². The van der Waals surface area contributed by atoms with Crippen molar-refractivity contribution in [3.05, 3.63) is 23.7 Å². The molecule has 0 spiro atoms. The van der Waals surface area contributed by atoms with Crippen molar-refractivity contribution < 1.29 is 9.90 Å². The zero-order valence-corrected chi connectivity index (χ0v) is 10.6. The molecule has 2 heterocycles. The van der Waals surface area contributed by atoms with Crippen molar-refractivity contribution in [3.8, 4) is 5.82 Å². The van der Waals surface area contributed by atoms with Crippen molar-refractivity contribution >= 4 is 23.5 Å². The number of nitrogens with zero attached hydrogens (tertiary/aromatic N) is 4. The number of hydrogen-bond donors (Lipinski definition) is 1. The molecular weight excluding hydrogens is 254 g/mol. The Morgan fingerprint density at radius 1 is 1.44 bits per heavy atom. The number of rotatable bonds is 3. The topological polar surface area (TPSA) is 110 Å². The number of carboxylic acids is 1. The van der Waals surface area contributed by atoms with Crippen LogP contribution in [0.4, 0.5) is 5.82 Å². The van der Waals surface area contributed by atoms with Gasteiger partial charge in [0, 0.05) is 12.1 Å². The zero-order chi connectivity index (χ0) is 13.3. The molecule has 0 amide bonds. The van der Waals surface area contributed by atoms with Gasteiger partial charge in [-0.05, 0) is 13.2 Å². The molecule has 0 fully saturated rings. The van der Waals surface area contributed by atoms with Crippen LogP contribution in [0.15, 0.2) is 17.2 Å². The molecular formula is C10H10N5O2S-. The molecule has 7 nitrogen and oxygen atoms in total. The molecule has 2 rings (SSSR count). The van der Waals surface area contributed by atoms with Gasteiger partial charge in [0.2, 0.25) is 0 Å². The van der Waals surface area contributed by atoms with Crippen LogP contribution in [0.5, 0.6) is 0 Å². The first kappa shape index (κ1) is 12.4. The van der Waals surface area contributed by atoms with E-state index in [4.69, 9.17) is 5.73 Å². The predicted molar refractivity (Wildman–Crippen MR) is 64.4 cm³/mol. The van der Waals surface area contributed by atoms with Crippen LogP contribution in [0.2, 0.25) is 0 Å². The fourth-order valence-electron chi connectivity index (χ4n) is 1.42. The van der Waals surface area contributed by atoms with E-state index in [0.717, 1.165) is 5.03 Å². The summed E-state index contributed by atoms with van der Waals surface area (Å²) in [5, 5.41) is 15.3. The van der Waals surface area contributed by atoms with Crippen LogP contribution in [0.25, 0.3) is 5.82 Å². The van der Waals surface area contributed by atoms with Crippen LogP contribution in [0.1, 0.15) is 16.3 Å². The van der Waals surface area contributed by atoms with Crippen LogP contribution in [-0.4, -0.2) is 32.0 Å². The molecule has 18 heavy (non-hydrogen) atoms. The molecule has 2 N–H and O–H groups in total. The molecule has 0 aliphatic heterocycles. The van der Waals surface area contributed by atoms with Gasteiger partial charge in [-0.3, -0.25) is 0 Å². The average Bonchev–Trinajstić information content (AvgIpc) is 2.70. The molecule has 8 heteroatoms. The number of aryl methyl sites for hydroxylation is 1. The standard InChI is InChI=1S/C10H11N5O2S/c1-5-12-8(4-9(13-5)18-2)15-7(11)3-6(14-15)10(16)17/h3-4H,11H2,1-2H3,(H,16,17)/p-1. The summed E-state index contributed by atoms with van der Waals surface area (Å²) in [7, 11) is 0. The fraction of sp³-hybridized carbons (Fsp3) is 0.200. The minimum absolute atomic E-state index is 0.180. The number of carbonyl (C=O) groups excluding carboxylic acids is 1. The smallest absolute Gasteiger partial charge is 0.160 e. The Labute approximate surface area is 107 Å². The van der Waals surface area contributed by atoms with Crippen molar-refractivity contribution in [3.63, 3.8) is 0 Å². The maximum Gasteiger partial charge on any atom is 0.160 e. The molecule has 0 aliphatic carbocycles. The number of nitrogens with two attached hydrogens (primary N) is 1. The van der Waals surface area contributed by atoms with Gasteiger partial charge in [0.1, 0.15) is 22.4 Å². The van der Waals surface area contributed by atoms with Gasteiger partial charge in [-0.1, -0.05) is 0 Å². The molecule has 2 aromatic rings. The van der Waals surface area contributed by atoms with E-state index in [2.05, 4.69) is 15.1 Å². The van der Waals surface area contributed by atoms with Crippen molar-refractivity contribution in [2.24, 2.45) is 0 Å². The monoisotopic (exact) mass is 264 g/mol. The van der Waals surface area contributed by atoms with E-state index in [1.165, 1.54) is 22.5 Å². The van der Waals surface area contributed by atoms with Gasteiger partial charge in [-0.2, -0.15) is 9.78 Å². The van der Waals surface area contributed by atoms with Gasteiger partial charge in [0.05, 0.1) is 5.97 Å². The lowest BCUT2D eigenvalue weighted by molar-refractivity contribution is -0.255. The second-order valence-electron chi connectivity index (χ2n) is 3.47. The zero-order valence-electron chi connectivity index (χ0n) is 9.75. The highest BCUT2D eigenvalue weighted by Gasteiger charge is 2.10. The van der Waals surface area contributed by atoms with Gasteiger partial charge in [-0.15, -0.1) is 11.8 Å². The third-order valence-electron chi connectivity index (χ3n) is 2.17. The summed E-state index contributed by atoms with van der Waals surface area (Å²) in [6.07, 6.45) is 1.88. The molecule has 94 valence electrons. The van der Waals surface area contributed by atoms with Crippen molar-refractivity contribution in [1.29, 1.82) is 0 Å². The molecule has 0 aromatic carbocycles. The number of aromatic carboxylic acids is 1. The Bertz CT molecular complexity index is 610. The van der Waals surface area contributed by atoms with Crippen LogP contribution < -0.4 is 10.8 Å². The number of carbonyl (C=O) groups is 1. The summed E-state index contributed by atoms with van der Waals surface area (Å²) in [5.74, 6) is -0.214. The third kappa shape index (κ3) is 2.28. The minimum Gasteiger partial charge on any atom is -0.543 e. The Kier molecular flexibility index (Phi) is 3.19. The quantitative estimate of drug-likeness (QED) is 0.595. The van der Waals surface area contributed by atoms with E-state index in [1.807, 2.05) is 6.26 Å². The van der Waals surface area contributed by atoms with E-state index < -0.39 is 5.97 Å². The van der Waals surface area contributed by atoms with E-state index in [-0.39, 0.29) is 11.5 Å². The summed E-state index contributed by atoms with van der Waals surface area (Å²) in [4.78, 5) is 19.1. The number of thioether (sulfide) groups is 1. The maximum atomic E-state index is 10.7. The second-order valence-corrected chi connectivity index (χ2v) is 4.30. The lowest BCUT2D eigenvalue weighted by Gasteiger charge is -2.05. The lowest BCUT2D eigenvalue weighted by atomic mass is 10.4. The summed E-state index contributed by atoms with van der Waals surface area (Å²) < 4.78 is 1.25. The van der Waals surface area contributed by atoms with E-state index in [0.29, 0.717) is 11.6 Å². The number of hydrogen-bond acceptors (Lipinski definition) is 7. The molecule has 2 aromatic heterocycles. The van der Waals surface area contributed by atoms with Crippen molar-refractivity contribution in [1.82, 2.24) is 19.7 Å². The molecule has 0 saturated heterocycles. The number of nitrogen functional groups attached to an aromatic ring is 1. The summed E-state index contributed by atoms with van der Waals surface area (Å²) >= 11 is 1.45. The normalized spacial score (nSPS) is 10.6. The fourth-order valence-corrected chi connectivity index (χ4v) is 1.86. The Morgan fingerprint density at radius 3 is 2.72 bits per heavy atom. The van der Waals surface area contributed by atoms with Gasteiger partial charge in [0.25, 0.3) is 0 Å². The highest BCUT2D eigenvalue weighted by atomic mass is 32.2. The Balaban J connectivity index is 2.54. The molecule has 0 atom stereocenters. The maximum absolute atomic E-state index is 10.7. The van der Waals surface area contributed by atoms with Gasteiger partial charge in [-0.25, -0.2) is 9.97 Å². The van der Waals surface area contributed by atoms with Crippen molar-refractivity contribution in [2.75, 3.05) is 12.0 Å². The first-order chi connectivity index (χ1) is 8.51. The van der Waals surface area contributed by atoms with E-state index in [9.17, 15) is 9.90 Å². The van der Waals surface area contributed by atoms with Gasteiger partial charge < -0.3 is 15.6 Å². The van der Waals surface area contributed by atoms with E-state index >= 15 is 0 Å². The minimum atomic E-state index is -1.38. The van der Waals surface area contributed by atoms with Gasteiger partial charge in [0.15, 0.2) is 5.82 Å². The number of anilines is 1. The van der Waals surface area contributed by atoms with E-state index in [1.54, 1.807) is 13.0 Å².